The molecule has 1 aliphatic heterocycles. The number of Topliss-reactive ketones (excluding diaryl/α,β-unsaturated/α-hetero) is 1. The van der Waals surface area contributed by atoms with E-state index in [4.69, 9.17) is 16.0 Å². The van der Waals surface area contributed by atoms with Crippen LogP contribution >= 0.6 is 11.6 Å². The number of ketones is 1. The van der Waals surface area contributed by atoms with Crippen LogP contribution in [0.1, 0.15) is 48.6 Å². The highest BCUT2D eigenvalue weighted by molar-refractivity contribution is 6.31. The molecule has 5 rings (SSSR count). The number of hydrogen-bond acceptors (Lipinski definition) is 5. The normalized spacial score (nSPS) is 20.1. The quantitative estimate of drug-likeness (QED) is 0.512. The summed E-state index contributed by atoms with van der Waals surface area (Å²) in [6.07, 6.45) is 2.54. The average molecular weight is 474 g/mol. The van der Waals surface area contributed by atoms with Crippen LogP contribution < -0.4 is 10.6 Å². The van der Waals surface area contributed by atoms with Crippen molar-refractivity contribution in [2.24, 2.45) is 0 Å². The summed E-state index contributed by atoms with van der Waals surface area (Å²) in [5.74, 6) is 0.259. The second-order valence-electron chi connectivity index (χ2n) is 8.67. The summed E-state index contributed by atoms with van der Waals surface area (Å²) in [5, 5.41) is 6.77. The third kappa shape index (κ3) is 4.05. The number of nitrogens with zero attached hydrogens (tertiary/aromatic N) is 1. The lowest BCUT2D eigenvalue weighted by molar-refractivity contribution is -0.116. The Bertz CT molecular complexity index is 1340. The maximum absolute atomic E-state index is 13.6. The van der Waals surface area contributed by atoms with Crippen LogP contribution in [0.4, 0.5) is 5.82 Å². The Labute approximate surface area is 202 Å². The number of amides is 1. The van der Waals surface area contributed by atoms with Gasteiger partial charge in [-0.25, -0.2) is 4.98 Å². The Hall–Kier alpha value is -3.64. The molecule has 0 radical (unpaired) electrons. The molecule has 0 fully saturated rings. The molecule has 3 aromatic rings. The molecule has 2 aromatic heterocycles. The highest BCUT2D eigenvalue weighted by atomic mass is 35.5. The summed E-state index contributed by atoms with van der Waals surface area (Å²) in [4.78, 5) is 31.5. The van der Waals surface area contributed by atoms with Crippen LogP contribution in [-0.2, 0) is 9.59 Å². The van der Waals surface area contributed by atoms with Crippen molar-refractivity contribution >= 4 is 29.1 Å². The van der Waals surface area contributed by atoms with Gasteiger partial charge >= 0.3 is 0 Å². The maximum atomic E-state index is 13.6. The minimum absolute atomic E-state index is 0.0217. The van der Waals surface area contributed by atoms with Gasteiger partial charge in [0, 0.05) is 51.5 Å². The Morgan fingerprint density at radius 1 is 1.09 bits per heavy atom. The minimum atomic E-state index is -0.584. The summed E-state index contributed by atoms with van der Waals surface area (Å²) >= 11 is 6.61. The lowest BCUT2D eigenvalue weighted by Crippen LogP contribution is -2.37. The van der Waals surface area contributed by atoms with Crippen LogP contribution in [0, 0.1) is 6.92 Å². The van der Waals surface area contributed by atoms with E-state index >= 15 is 0 Å². The van der Waals surface area contributed by atoms with Crippen LogP contribution in [0.15, 0.2) is 87.8 Å². The molecule has 0 saturated carbocycles. The van der Waals surface area contributed by atoms with Crippen LogP contribution in [0.3, 0.4) is 0 Å². The van der Waals surface area contributed by atoms with Crippen LogP contribution in [0.5, 0.6) is 0 Å². The molecule has 1 aromatic carbocycles. The summed E-state index contributed by atoms with van der Waals surface area (Å²) in [6.45, 7) is 3.72. The molecule has 0 unspecified atom stereocenters. The minimum Gasteiger partial charge on any atom is -0.469 e. The number of dihydropyridines is 1. The number of allylic oxidation sites excluding steroid dienone is 3. The van der Waals surface area contributed by atoms with Crippen molar-refractivity contribution in [2.45, 2.75) is 38.5 Å². The van der Waals surface area contributed by atoms with Crippen molar-refractivity contribution in [3.05, 3.63) is 105 Å². The zero-order valence-corrected chi connectivity index (χ0v) is 19.6. The van der Waals surface area contributed by atoms with Crippen LogP contribution in [0.25, 0.3) is 0 Å². The molecular weight excluding hydrogens is 450 g/mol. The van der Waals surface area contributed by atoms with Gasteiger partial charge in [-0.3, -0.25) is 9.59 Å². The number of pyridine rings is 1. The van der Waals surface area contributed by atoms with Crippen molar-refractivity contribution in [2.75, 3.05) is 5.32 Å². The van der Waals surface area contributed by atoms with E-state index in [1.165, 1.54) is 0 Å². The first-order valence-electron chi connectivity index (χ1n) is 11.2. The Kier molecular flexibility index (Phi) is 5.84. The molecule has 2 aliphatic rings. The predicted octanol–water partition coefficient (Wildman–Crippen LogP) is 5.64. The number of benzene rings is 1. The molecule has 0 spiro atoms. The van der Waals surface area contributed by atoms with Gasteiger partial charge in [-0.15, -0.1) is 0 Å². The molecule has 6 nitrogen and oxygen atoms in total. The van der Waals surface area contributed by atoms with E-state index in [-0.39, 0.29) is 17.6 Å². The van der Waals surface area contributed by atoms with E-state index in [0.717, 1.165) is 22.7 Å². The molecule has 34 heavy (non-hydrogen) atoms. The van der Waals surface area contributed by atoms with E-state index < -0.39 is 5.92 Å². The maximum Gasteiger partial charge on any atom is 0.255 e. The number of furan rings is 1. The smallest absolute Gasteiger partial charge is 0.255 e. The fourth-order valence-electron chi connectivity index (χ4n) is 4.88. The van der Waals surface area contributed by atoms with Gasteiger partial charge in [0.15, 0.2) is 5.78 Å². The Balaban J connectivity index is 1.58. The predicted molar refractivity (Wildman–Crippen MR) is 130 cm³/mol. The molecule has 2 atom stereocenters. The van der Waals surface area contributed by atoms with Gasteiger partial charge in [0.25, 0.3) is 5.91 Å². The lowest BCUT2D eigenvalue weighted by atomic mass is 9.72. The third-order valence-electron chi connectivity index (χ3n) is 6.36. The molecule has 0 bridgehead atoms. The van der Waals surface area contributed by atoms with Gasteiger partial charge < -0.3 is 15.1 Å². The number of carbonyl (C=O) groups is 2. The van der Waals surface area contributed by atoms with Crippen LogP contribution in [0.2, 0.25) is 5.02 Å². The fraction of sp³-hybridized carbons (Fsp3) is 0.222. The first-order valence-corrected chi connectivity index (χ1v) is 11.6. The van der Waals surface area contributed by atoms with Crippen molar-refractivity contribution < 1.29 is 14.0 Å². The topological polar surface area (TPSA) is 84.2 Å². The van der Waals surface area contributed by atoms with E-state index in [0.29, 0.717) is 40.5 Å². The van der Waals surface area contributed by atoms with Gasteiger partial charge in [-0.05, 0) is 56.2 Å². The van der Waals surface area contributed by atoms with Gasteiger partial charge in [-0.2, -0.15) is 0 Å². The lowest BCUT2D eigenvalue weighted by Gasteiger charge is -2.36. The van der Waals surface area contributed by atoms with Gasteiger partial charge in [0.05, 0.1) is 6.26 Å². The second-order valence-corrected chi connectivity index (χ2v) is 9.08. The van der Waals surface area contributed by atoms with Crippen LogP contribution in [-0.4, -0.2) is 16.7 Å². The van der Waals surface area contributed by atoms with Gasteiger partial charge in [-0.1, -0.05) is 35.9 Å². The molecule has 0 saturated heterocycles. The zero-order valence-electron chi connectivity index (χ0n) is 18.9. The van der Waals surface area contributed by atoms with Crippen molar-refractivity contribution in [1.82, 2.24) is 10.3 Å². The number of hydrogen-bond donors (Lipinski definition) is 2. The highest BCUT2D eigenvalue weighted by Gasteiger charge is 2.42. The molecule has 3 heterocycles. The number of aromatic nitrogens is 1. The van der Waals surface area contributed by atoms with E-state index in [2.05, 4.69) is 15.6 Å². The Morgan fingerprint density at radius 3 is 2.65 bits per heavy atom. The Morgan fingerprint density at radius 2 is 1.91 bits per heavy atom. The van der Waals surface area contributed by atoms with E-state index in [9.17, 15) is 9.59 Å². The largest absolute Gasteiger partial charge is 0.469 e. The SMILES string of the molecule is CC1=C(C(=O)Nc2cccc(C)n2)[C@@H](c2ccccc2Cl)C2=C(C[C@H](c3ccco3)CC2=O)N1. The number of anilines is 1. The molecule has 1 aliphatic carbocycles. The summed E-state index contributed by atoms with van der Waals surface area (Å²) in [6, 6.07) is 16.5. The van der Waals surface area contributed by atoms with E-state index in [1.807, 2.05) is 56.3 Å². The number of aryl methyl sites for hydroxylation is 1. The monoisotopic (exact) mass is 473 g/mol. The fourth-order valence-corrected chi connectivity index (χ4v) is 5.13. The molecular formula is C27H24ClN3O3. The first kappa shape index (κ1) is 22.2. The average Bonchev–Trinajstić information content (AvgIpc) is 3.33. The standard InChI is InChI=1S/C27H24ClN3O3/c1-15-7-5-11-23(29-15)31-27(33)24-16(2)30-20-13-17(22-10-6-12-34-22)14-21(32)26(20)25(24)18-8-3-4-9-19(18)28/h3-12,17,25,30H,13-14H2,1-2H3,(H,29,31,33)/t17-,25+/m0/s1. The molecule has 172 valence electrons. The molecule has 2 N–H and O–H groups in total. The van der Waals surface area contributed by atoms with Crippen molar-refractivity contribution in [3.63, 3.8) is 0 Å². The summed E-state index contributed by atoms with van der Waals surface area (Å²) < 4.78 is 5.59. The first-order chi connectivity index (χ1) is 16.4. The molecule has 7 heteroatoms. The van der Waals surface area contributed by atoms with Crippen molar-refractivity contribution in [3.8, 4) is 0 Å². The zero-order chi connectivity index (χ0) is 23.8. The van der Waals surface area contributed by atoms with Gasteiger partial charge in [0.1, 0.15) is 11.6 Å². The van der Waals surface area contributed by atoms with E-state index in [1.54, 1.807) is 18.4 Å². The van der Waals surface area contributed by atoms with Crippen molar-refractivity contribution in [1.29, 1.82) is 0 Å². The van der Waals surface area contributed by atoms with Gasteiger partial charge in [0.2, 0.25) is 0 Å². The number of rotatable bonds is 4. The highest BCUT2D eigenvalue weighted by Crippen LogP contribution is 2.47. The number of nitrogens with one attached hydrogen (secondary N) is 2. The summed E-state index contributed by atoms with van der Waals surface area (Å²) in [7, 11) is 0. The third-order valence-corrected chi connectivity index (χ3v) is 6.71. The molecule has 1 amide bonds. The second kappa shape index (κ2) is 8.95. The number of carbonyl (C=O) groups excluding carboxylic acids is 2. The number of halogens is 1. The summed E-state index contributed by atoms with van der Waals surface area (Å²) in [5.41, 5.74) is 4.06.